The van der Waals surface area contributed by atoms with Crippen molar-refractivity contribution in [1.29, 1.82) is 0 Å². The van der Waals surface area contributed by atoms with Crippen LogP contribution >= 0.6 is 11.6 Å². The second kappa shape index (κ2) is 7.39. The average Bonchev–Trinajstić information content (AvgIpc) is 2.38. The van der Waals surface area contributed by atoms with Gasteiger partial charge < -0.3 is 5.32 Å². The summed E-state index contributed by atoms with van der Waals surface area (Å²) in [7, 11) is 0. The van der Waals surface area contributed by atoms with Crippen LogP contribution in [0.1, 0.15) is 26.3 Å². The Labute approximate surface area is 114 Å². The Balaban J connectivity index is 2.69. The number of carbonyl (C=O) groups is 1. The molecule has 0 bridgehead atoms. The summed E-state index contributed by atoms with van der Waals surface area (Å²) in [6.07, 6.45) is 0.927. The van der Waals surface area contributed by atoms with Crippen LogP contribution < -0.4 is 5.32 Å². The fourth-order valence-electron chi connectivity index (χ4n) is 1.73. The number of likely N-dealkylation sites (N-methyl/N-ethyl adjacent to an activating group) is 1. The summed E-state index contributed by atoms with van der Waals surface area (Å²) in [6.45, 7) is 8.30. The van der Waals surface area contributed by atoms with Crippen molar-refractivity contribution >= 4 is 23.2 Å². The summed E-state index contributed by atoms with van der Waals surface area (Å²) in [5.74, 6) is -0.0196. The largest absolute Gasteiger partial charge is 0.324 e. The molecule has 1 rings (SSSR count). The molecule has 1 aromatic rings. The molecule has 0 fully saturated rings. The van der Waals surface area contributed by atoms with Crippen LogP contribution in [0, 0.1) is 0 Å². The fourth-order valence-corrected chi connectivity index (χ4v) is 1.89. The Bertz CT molecular complexity index is 403. The van der Waals surface area contributed by atoms with Crippen LogP contribution in [0.2, 0.25) is 5.02 Å². The predicted octanol–water partition coefficient (Wildman–Crippen LogP) is 3.18. The third kappa shape index (κ3) is 4.31. The Kier molecular flexibility index (Phi) is 6.16. The molecule has 1 aromatic carbocycles. The number of halogens is 1. The highest BCUT2D eigenvalue weighted by molar-refractivity contribution is 6.33. The molecule has 0 aliphatic rings. The summed E-state index contributed by atoms with van der Waals surface area (Å²) in [6, 6.07) is 5.73. The minimum Gasteiger partial charge on any atom is -0.324 e. The second-order valence-electron chi connectivity index (χ2n) is 4.18. The van der Waals surface area contributed by atoms with Gasteiger partial charge in [0.05, 0.1) is 17.3 Å². The molecule has 4 heteroatoms. The van der Waals surface area contributed by atoms with E-state index in [1.165, 1.54) is 0 Å². The first-order valence-corrected chi connectivity index (χ1v) is 6.79. The van der Waals surface area contributed by atoms with Crippen LogP contribution in [0.15, 0.2) is 18.2 Å². The lowest BCUT2D eigenvalue weighted by molar-refractivity contribution is -0.117. The average molecular weight is 269 g/mol. The molecule has 1 amide bonds. The van der Waals surface area contributed by atoms with E-state index >= 15 is 0 Å². The van der Waals surface area contributed by atoms with Gasteiger partial charge in [-0.3, -0.25) is 9.69 Å². The lowest BCUT2D eigenvalue weighted by Gasteiger charge is -2.17. The van der Waals surface area contributed by atoms with Crippen LogP contribution in [-0.2, 0) is 11.2 Å². The lowest BCUT2D eigenvalue weighted by atomic mass is 10.1. The second-order valence-corrected chi connectivity index (χ2v) is 4.58. The normalized spacial score (nSPS) is 10.7. The van der Waals surface area contributed by atoms with Crippen molar-refractivity contribution in [3.8, 4) is 0 Å². The zero-order valence-electron chi connectivity index (χ0n) is 11.3. The molecule has 0 aliphatic heterocycles. The number of nitrogens with zero attached hydrogens (tertiary/aromatic N) is 1. The van der Waals surface area contributed by atoms with Gasteiger partial charge in [-0.15, -0.1) is 0 Å². The number of hydrogen-bond donors (Lipinski definition) is 1. The van der Waals surface area contributed by atoms with E-state index in [4.69, 9.17) is 11.6 Å². The molecule has 0 spiro atoms. The van der Waals surface area contributed by atoms with Crippen molar-refractivity contribution in [2.75, 3.05) is 25.0 Å². The molecular formula is C14H21ClN2O. The monoisotopic (exact) mass is 268 g/mol. The van der Waals surface area contributed by atoms with Crippen LogP contribution in [0.25, 0.3) is 0 Å². The molecule has 18 heavy (non-hydrogen) atoms. The van der Waals surface area contributed by atoms with Crippen LogP contribution in [-0.4, -0.2) is 30.4 Å². The van der Waals surface area contributed by atoms with E-state index in [2.05, 4.69) is 17.1 Å². The first kappa shape index (κ1) is 15.0. The minimum absolute atomic E-state index is 0.0196. The molecule has 0 saturated carbocycles. The van der Waals surface area contributed by atoms with Crippen molar-refractivity contribution in [1.82, 2.24) is 4.90 Å². The van der Waals surface area contributed by atoms with Gasteiger partial charge in [0, 0.05) is 0 Å². The van der Waals surface area contributed by atoms with Crippen LogP contribution in [0.3, 0.4) is 0 Å². The van der Waals surface area contributed by atoms with E-state index in [0.29, 0.717) is 17.3 Å². The molecule has 0 unspecified atom stereocenters. The minimum atomic E-state index is -0.0196. The predicted molar refractivity (Wildman–Crippen MR) is 77.2 cm³/mol. The van der Waals surface area contributed by atoms with Crippen molar-refractivity contribution in [3.05, 3.63) is 28.8 Å². The van der Waals surface area contributed by atoms with Crippen molar-refractivity contribution in [3.63, 3.8) is 0 Å². The van der Waals surface area contributed by atoms with Gasteiger partial charge in [-0.05, 0) is 37.2 Å². The lowest BCUT2D eigenvalue weighted by Crippen LogP contribution is -2.33. The zero-order valence-corrected chi connectivity index (χ0v) is 12.0. The maximum Gasteiger partial charge on any atom is 0.238 e. The van der Waals surface area contributed by atoms with Gasteiger partial charge in [0.25, 0.3) is 0 Å². The topological polar surface area (TPSA) is 32.3 Å². The van der Waals surface area contributed by atoms with E-state index in [9.17, 15) is 4.79 Å². The number of carbonyl (C=O) groups excluding carboxylic acids is 1. The number of hydrogen-bond acceptors (Lipinski definition) is 2. The number of benzene rings is 1. The third-order valence-electron chi connectivity index (χ3n) is 2.97. The molecule has 0 aromatic heterocycles. The highest BCUT2D eigenvalue weighted by Crippen LogP contribution is 2.23. The fraction of sp³-hybridized carbons (Fsp3) is 0.500. The standard InChI is InChI=1S/C14H21ClN2O/c1-4-11-7-8-12(15)13(9-11)16-14(18)10-17(5-2)6-3/h7-9H,4-6,10H2,1-3H3,(H,16,18). The van der Waals surface area contributed by atoms with Gasteiger partial charge in [0.15, 0.2) is 0 Å². The van der Waals surface area contributed by atoms with Gasteiger partial charge in [-0.25, -0.2) is 0 Å². The molecule has 100 valence electrons. The van der Waals surface area contributed by atoms with Crippen LogP contribution in [0.5, 0.6) is 0 Å². The van der Waals surface area contributed by atoms with E-state index in [1.807, 2.05) is 32.0 Å². The van der Waals surface area contributed by atoms with Gasteiger partial charge >= 0.3 is 0 Å². The third-order valence-corrected chi connectivity index (χ3v) is 3.30. The number of anilines is 1. The van der Waals surface area contributed by atoms with Crippen molar-refractivity contribution in [2.45, 2.75) is 27.2 Å². The Morgan fingerprint density at radius 1 is 1.28 bits per heavy atom. The number of aryl methyl sites for hydroxylation is 1. The van der Waals surface area contributed by atoms with Crippen LogP contribution in [0.4, 0.5) is 5.69 Å². The Morgan fingerprint density at radius 2 is 1.94 bits per heavy atom. The van der Waals surface area contributed by atoms with E-state index in [1.54, 1.807) is 0 Å². The first-order chi connectivity index (χ1) is 8.60. The summed E-state index contributed by atoms with van der Waals surface area (Å²) >= 11 is 6.07. The highest BCUT2D eigenvalue weighted by Gasteiger charge is 2.09. The quantitative estimate of drug-likeness (QED) is 0.859. The molecule has 0 saturated heterocycles. The molecule has 3 nitrogen and oxygen atoms in total. The van der Waals surface area contributed by atoms with E-state index in [0.717, 1.165) is 25.1 Å². The Morgan fingerprint density at radius 3 is 2.50 bits per heavy atom. The SMILES string of the molecule is CCc1ccc(Cl)c(NC(=O)CN(CC)CC)c1. The summed E-state index contributed by atoms with van der Waals surface area (Å²) < 4.78 is 0. The molecular weight excluding hydrogens is 248 g/mol. The summed E-state index contributed by atoms with van der Waals surface area (Å²) in [5, 5.41) is 3.45. The number of amides is 1. The molecule has 0 aliphatic carbocycles. The molecule has 0 heterocycles. The smallest absolute Gasteiger partial charge is 0.238 e. The van der Waals surface area contributed by atoms with Gasteiger partial charge in [0.1, 0.15) is 0 Å². The summed E-state index contributed by atoms with van der Waals surface area (Å²) in [4.78, 5) is 13.9. The van der Waals surface area contributed by atoms with Gasteiger partial charge in [-0.1, -0.05) is 38.4 Å². The summed E-state index contributed by atoms with van der Waals surface area (Å²) in [5.41, 5.74) is 1.87. The highest BCUT2D eigenvalue weighted by atomic mass is 35.5. The maximum atomic E-state index is 11.9. The molecule has 0 radical (unpaired) electrons. The molecule has 1 N–H and O–H groups in total. The Hall–Kier alpha value is -1.06. The number of rotatable bonds is 6. The number of nitrogens with one attached hydrogen (secondary N) is 1. The maximum absolute atomic E-state index is 11.9. The van der Waals surface area contributed by atoms with Crippen molar-refractivity contribution in [2.24, 2.45) is 0 Å². The molecule has 0 atom stereocenters. The van der Waals surface area contributed by atoms with E-state index in [-0.39, 0.29) is 5.91 Å². The van der Waals surface area contributed by atoms with Gasteiger partial charge in [-0.2, -0.15) is 0 Å². The van der Waals surface area contributed by atoms with Gasteiger partial charge in [0.2, 0.25) is 5.91 Å². The van der Waals surface area contributed by atoms with Crippen molar-refractivity contribution < 1.29 is 4.79 Å². The zero-order chi connectivity index (χ0) is 13.5. The first-order valence-electron chi connectivity index (χ1n) is 6.41. The van der Waals surface area contributed by atoms with E-state index < -0.39 is 0 Å².